The third kappa shape index (κ3) is 15.2. The number of hydroxylamine groups is 2. The molecule has 0 aliphatic rings. The lowest BCUT2D eigenvalue weighted by Gasteiger charge is -2.08. The molecule has 0 saturated heterocycles. The van der Waals surface area contributed by atoms with E-state index in [2.05, 4.69) is 24.4 Å². The second kappa shape index (κ2) is 14.5. The fourth-order valence-corrected chi connectivity index (χ4v) is 1.99. The SMILES string of the molecule is CC/C=C/CCCCCCCC(=O)NCCCN(C)O. The van der Waals surface area contributed by atoms with E-state index >= 15 is 0 Å². The van der Waals surface area contributed by atoms with Gasteiger partial charge >= 0.3 is 0 Å². The van der Waals surface area contributed by atoms with Crippen LogP contribution in [0, 0.1) is 0 Å². The molecule has 2 N–H and O–H groups in total. The molecule has 20 heavy (non-hydrogen) atoms. The Hall–Kier alpha value is -0.870. The molecule has 0 radical (unpaired) electrons. The molecule has 0 bridgehead atoms. The van der Waals surface area contributed by atoms with Gasteiger partial charge in [0, 0.05) is 26.6 Å². The molecule has 0 aliphatic heterocycles. The number of unbranched alkanes of at least 4 members (excludes halogenated alkanes) is 5. The van der Waals surface area contributed by atoms with Crippen LogP contribution < -0.4 is 5.32 Å². The van der Waals surface area contributed by atoms with Gasteiger partial charge in [0.05, 0.1) is 0 Å². The van der Waals surface area contributed by atoms with Crippen LogP contribution in [0.15, 0.2) is 12.2 Å². The Kier molecular flexibility index (Phi) is 13.9. The summed E-state index contributed by atoms with van der Waals surface area (Å²) in [5.41, 5.74) is 0. The average Bonchev–Trinajstić information content (AvgIpc) is 2.41. The number of hydrogen-bond acceptors (Lipinski definition) is 3. The second-order valence-corrected chi connectivity index (χ2v) is 5.27. The van der Waals surface area contributed by atoms with Crippen molar-refractivity contribution in [3.05, 3.63) is 12.2 Å². The van der Waals surface area contributed by atoms with E-state index in [1.54, 1.807) is 7.05 Å². The highest BCUT2D eigenvalue weighted by atomic mass is 16.5. The summed E-state index contributed by atoms with van der Waals surface area (Å²) in [4.78, 5) is 11.5. The van der Waals surface area contributed by atoms with Gasteiger partial charge in [0.25, 0.3) is 0 Å². The van der Waals surface area contributed by atoms with E-state index in [0.717, 1.165) is 30.7 Å². The number of allylic oxidation sites excluding steroid dienone is 2. The van der Waals surface area contributed by atoms with Crippen molar-refractivity contribution in [2.45, 2.75) is 64.7 Å². The molecule has 4 nitrogen and oxygen atoms in total. The van der Waals surface area contributed by atoms with Gasteiger partial charge in [0.1, 0.15) is 0 Å². The predicted molar refractivity (Wildman–Crippen MR) is 83.8 cm³/mol. The summed E-state index contributed by atoms with van der Waals surface area (Å²) in [6.45, 7) is 3.39. The van der Waals surface area contributed by atoms with Gasteiger partial charge < -0.3 is 10.5 Å². The van der Waals surface area contributed by atoms with Crippen LogP contribution in [-0.4, -0.2) is 36.3 Å². The lowest BCUT2D eigenvalue weighted by molar-refractivity contribution is -0.121. The van der Waals surface area contributed by atoms with Gasteiger partial charge in [-0.1, -0.05) is 38.3 Å². The predicted octanol–water partition coefficient (Wildman–Crippen LogP) is 3.51. The van der Waals surface area contributed by atoms with Gasteiger partial charge in [0.15, 0.2) is 0 Å². The van der Waals surface area contributed by atoms with Crippen molar-refractivity contribution in [1.29, 1.82) is 0 Å². The molecular weight excluding hydrogens is 252 g/mol. The first-order valence-electron chi connectivity index (χ1n) is 7.98. The molecule has 0 heterocycles. The van der Waals surface area contributed by atoms with Crippen LogP contribution in [0.1, 0.15) is 64.7 Å². The number of nitrogens with one attached hydrogen (secondary N) is 1. The van der Waals surface area contributed by atoms with Crippen LogP contribution >= 0.6 is 0 Å². The van der Waals surface area contributed by atoms with Crippen molar-refractivity contribution in [3.63, 3.8) is 0 Å². The first kappa shape index (κ1) is 19.1. The molecule has 4 heteroatoms. The topological polar surface area (TPSA) is 52.6 Å². The minimum absolute atomic E-state index is 0.136. The van der Waals surface area contributed by atoms with E-state index in [-0.39, 0.29) is 5.91 Å². The van der Waals surface area contributed by atoms with Crippen LogP contribution in [0.2, 0.25) is 0 Å². The zero-order chi connectivity index (χ0) is 15.1. The van der Waals surface area contributed by atoms with Gasteiger partial charge in [0.2, 0.25) is 5.91 Å². The number of rotatable bonds is 13. The molecule has 0 aromatic rings. The maximum atomic E-state index is 11.5. The fourth-order valence-electron chi connectivity index (χ4n) is 1.99. The van der Waals surface area contributed by atoms with Gasteiger partial charge in [-0.15, -0.1) is 0 Å². The summed E-state index contributed by atoms with van der Waals surface area (Å²) in [5, 5.41) is 12.9. The first-order valence-corrected chi connectivity index (χ1v) is 7.98. The van der Waals surface area contributed by atoms with Crippen LogP contribution in [-0.2, 0) is 4.79 Å². The smallest absolute Gasteiger partial charge is 0.219 e. The number of carbonyl (C=O) groups excluding carboxylic acids is 1. The lowest BCUT2D eigenvalue weighted by Crippen LogP contribution is -2.26. The molecule has 0 unspecified atom stereocenters. The number of carbonyl (C=O) groups is 1. The maximum Gasteiger partial charge on any atom is 0.219 e. The Morgan fingerprint density at radius 3 is 2.50 bits per heavy atom. The largest absolute Gasteiger partial charge is 0.356 e. The molecule has 0 aromatic heterocycles. The van der Waals surface area contributed by atoms with Crippen molar-refractivity contribution in [2.24, 2.45) is 0 Å². The highest BCUT2D eigenvalue weighted by Crippen LogP contribution is 2.07. The van der Waals surface area contributed by atoms with E-state index in [1.165, 1.54) is 25.7 Å². The molecular formula is C16H32N2O2. The summed E-state index contributed by atoms with van der Waals surface area (Å²) in [5.74, 6) is 0.136. The summed E-state index contributed by atoms with van der Waals surface area (Å²) >= 11 is 0. The summed E-state index contributed by atoms with van der Waals surface area (Å²) in [6.07, 6.45) is 14.1. The molecule has 118 valence electrons. The molecule has 1 amide bonds. The Labute approximate surface area is 124 Å². The highest BCUT2D eigenvalue weighted by molar-refractivity contribution is 5.75. The van der Waals surface area contributed by atoms with Crippen molar-refractivity contribution < 1.29 is 10.0 Å². The van der Waals surface area contributed by atoms with Crippen molar-refractivity contribution in [1.82, 2.24) is 10.4 Å². The summed E-state index contributed by atoms with van der Waals surface area (Å²) in [7, 11) is 1.61. The third-order valence-corrected chi connectivity index (χ3v) is 3.16. The molecule has 0 aromatic carbocycles. The minimum Gasteiger partial charge on any atom is -0.356 e. The Morgan fingerprint density at radius 1 is 1.10 bits per heavy atom. The lowest BCUT2D eigenvalue weighted by atomic mass is 10.1. The van der Waals surface area contributed by atoms with E-state index in [4.69, 9.17) is 5.21 Å². The number of nitrogens with zero attached hydrogens (tertiary/aromatic N) is 1. The highest BCUT2D eigenvalue weighted by Gasteiger charge is 2.00. The van der Waals surface area contributed by atoms with Crippen LogP contribution in [0.5, 0.6) is 0 Å². The first-order chi connectivity index (χ1) is 9.66. The number of amides is 1. The van der Waals surface area contributed by atoms with Crippen LogP contribution in [0.3, 0.4) is 0 Å². The van der Waals surface area contributed by atoms with Crippen LogP contribution in [0.4, 0.5) is 0 Å². The Morgan fingerprint density at radius 2 is 1.80 bits per heavy atom. The Balaban J connectivity index is 3.21. The zero-order valence-electron chi connectivity index (χ0n) is 13.2. The molecule has 0 rings (SSSR count). The van der Waals surface area contributed by atoms with Crippen molar-refractivity contribution in [3.8, 4) is 0 Å². The molecule has 0 saturated carbocycles. The van der Waals surface area contributed by atoms with Gasteiger partial charge in [-0.25, -0.2) is 0 Å². The molecule has 0 fully saturated rings. The zero-order valence-corrected chi connectivity index (χ0v) is 13.2. The van der Waals surface area contributed by atoms with E-state index < -0.39 is 0 Å². The standard InChI is InChI=1S/C16H32N2O2/c1-3-4-5-6-7-8-9-10-11-13-16(19)17-14-12-15-18(2)20/h4-5,20H,3,6-15H2,1-2H3,(H,17,19)/b5-4+. The van der Waals surface area contributed by atoms with Crippen LogP contribution in [0.25, 0.3) is 0 Å². The van der Waals surface area contributed by atoms with Crippen molar-refractivity contribution in [2.75, 3.05) is 20.1 Å². The van der Waals surface area contributed by atoms with Gasteiger partial charge in [-0.05, 0) is 32.1 Å². The fraction of sp³-hybridized carbons (Fsp3) is 0.812. The summed E-state index contributed by atoms with van der Waals surface area (Å²) in [6, 6.07) is 0. The normalized spacial score (nSPS) is 11.4. The van der Waals surface area contributed by atoms with Gasteiger partial charge in [-0.3, -0.25) is 4.79 Å². The van der Waals surface area contributed by atoms with E-state index in [1.807, 2.05) is 0 Å². The van der Waals surface area contributed by atoms with Crippen molar-refractivity contribution >= 4 is 5.91 Å². The molecule has 0 spiro atoms. The average molecular weight is 284 g/mol. The van der Waals surface area contributed by atoms with E-state index in [9.17, 15) is 4.79 Å². The summed E-state index contributed by atoms with van der Waals surface area (Å²) < 4.78 is 0. The molecule has 0 aliphatic carbocycles. The second-order valence-electron chi connectivity index (χ2n) is 5.27. The van der Waals surface area contributed by atoms with Gasteiger partial charge in [-0.2, -0.15) is 5.06 Å². The van der Waals surface area contributed by atoms with E-state index in [0.29, 0.717) is 19.5 Å². The maximum absolute atomic E-state index is 11.5. The third-order valence-electron chi connectivity index (χ3n) is 3.16. The molecule has 0 atom stereocenters. The monoisotopic (exact) mass is 284 g/mol. The minimum atomic E-state index is 0.136. The Bertz CT molecular complexity index is 253. The quantitative estimate of drug-likeness (QED) is 0.309. The number of hydrogen-bond donors (Lipinski definition) is 2.